The van der Waals surface area contributed by atoms with Crippen LogP contribution in [0.25, 0.3) is 0 Å². The molecule has 0 aromatic rings. The molecule has 3 nitrogen and oxygen atoms in total. The number of ether oxygens (including phenoxy) is 2. The van der Waals surface area contributed by atoms with Gasteiger partial charge in [-0.3, -0.25) is 0 Å². The number of rotatable bonds is 5. The minimum atomic E-state index is -0.452. The molecule has 1 rings (SSSR count). The minimum absolute atomic E-state index is 0.161. The molecule has 0 aromatic heterocycles. The summed E-state index contributed by atoms with van der Waals surface area (Å²) < 4.78 is 9.82. The molecular formula is C7H13O3. The number of hydrogen-bond donors (Lipinski definition) is 0. The Hall–Kier alpha value is -0.120. The van der Waals surface area contributed by atoms with Crippen molar-refractivity contribution in [3.63, 3.8) is 0 Å². The van der Waals surface area contributed by atoms with Crippen molar-refractivity contribution < 1.29 is 14.6 Å². The molecule has 1 radical (unpaired) electrons. The lowest BCUT2D eigenvalue weighted by molar-refractivity contribution is -0.0845. The van der Waals surface area contributed by atoms with Crippen LogP contribution in [0.3, 0.4) is 0 Å². The predicted molar refractivity (Wildman–Crippen MR) is 35.0 cm³/mol. The lowest BCUT2D eigenvalue weighted by Crippen LogP contribution is -2.20. The fourth-order valence-electron chi connectivity index (χ4n) is 1.03. The van der Waals surface area contributed by atoms with E-state index in [1.165, 1.54) is 12.8 Å². The van der Waals surface area contributed by atoms with Crippen LogP contribution in [-0.2, 0) is 14.6 Å². The fraction of sp³-hybridized carbons (Fsp3) is 1.00. The Bertz CT molecular complexity index is 90.9. The van der Waals surface area contributed by atoms with Crippen LogP contribution in [0.5, 0.6) is 0 Å². The van der Waals surface area contributed by atoms with Crippen molar-refractivity contribution in [2.24, 2.45) is 5.92 Å². The third-order valence-corrected chi connectivity index (χ3v) is 1.82. The van der Waals surface area contributed by atoms with Gasteiger partial charge in [-0.25, -0.2) is 5.11 Å². The Kier molecular flexibility index (Phi) is 3.12. The van der Waals surface area contributed by atoms with E-state index >= 15 is 0 Å². The van der Waals surface area contributed by atoms with Crippen molar-refractivity contribution in [2.45, 2.75) is 18.9 Å². The molecule has 1 fully saturated rings. The van der Waals surface area contributed by atoms with Crippen molar-refractivity contribution in [2.75, 3.05) is 20.5 Å². The molecule has 0 amide bonds. The topological polar surface area (TPSA) is 38.4 Å². The van der Waals surface area contributed by atoms with Gasteiger partial charge in [0.15, 0.2) is 6.79 Å². The van der Waals surface area contributed by atoms with Crippen LogP contribution in [0.2, 0.25) is 0 Å². The second-order valence-corrected chi connectivity index (χ2v) is 2.60. The normalized spacial score (nSPS) is 21.0. The fourth-order valence-corrected chi connectivity index (χ4v) is 1.03. The van der Waals surface area contributed by atoms with Crippen molar-refractivity contribution in [1.29, 1.82) is 0 Å². The third-order valence-electron chi connectivity index (χ3n) is 1.82. The molecular weight excluding hydrogens is 132 g/mol. The molecule has 0 saturated heterocycles. The van der Waals surface area contributed by atoms with Crippen molar-refractivity contribution in [1.82, 2.24) is 0 Å². The van der Waals surface area contributed by atoms with Crippen LogP contribution in [0.1, 0.15) is 12.8 Å². The van der Waals surface area contributed by atoms with Gasteiger partial charge in [-0.15, -0.1) is 0 Å². The second-order valence-electron chi connectivity index (χ2n) is 2.60. The zero-order chi connectivity index (χ0) is 7.40. The van der Waals surface area contributed by atoms with Crippen LogP contribution in [0.15, 0.2) is 0 Å². The van der Waals surface area contributed by atoms with Gasteiger partial charge in [0.2, 0.25) is 0 Å². The van der Waals surface area contributed by atoms with E-state index < -0.39 is 6.79 Å². The molecule has 0 aromatic carbocycles. The Balaban J connectivity index is 2.07. The maximum Gasteiger partial charge on any atom is 0.180 e. The van der Waals surface area contributed by atoms with Crippen LogP contribution in [-0.4, -0.2) is 26.6 Å². The summed E-state index contributed by atoms with van der Waals surface area (Å²) in [6.07, 6.45) is 2.61. The van der Waals surface area contributed by atoms with E-state index in [-0.39, 0.29) is 6.10 Å². The molecule has 1 unspecified atom stereocenters. The largest absolute Gasteiger partial charge is 0.379 e. The van der Waals surface area contributed by atoms with Crippen molar-refractivity contribution in [3.8, 4) is 0 Å². The van der Waals surface area contributed by atoms with E-state index in [2.05, 4.69) is 0 Å². The first-order valence-corrected chi connectivity index (χ1v) is 3.57. The molecule has 1 aliphatic carbocycles. The molecule has 0 N–H and O–H groups in total. The van der Waals surface area contributed by atoms with Gasteiger partial charge in [-0.1, -0.05) is 0 Å². The molecule has 0 bridgehead atoms. The van der Waals surface area contributed by atoms with Crippen molar-refractivity contribution in [3.05, 3.63) is 0 Å². The maximum absolute atomic E-state index is 9.92. The smallest absolute Gasteiger partial charge is 0.180 e. The minimum Gasteiger partial charge on any atom is -0.379 e. The number of methoxy groups -OCH3 is 1. The molecule has 0 spiro atoms. The van der Waals surface area contributed by atoms with Crippen LogP contribution in [0.4, 0.5) is 0 Å². The molecule has 1 aliphatic rings. The molecule has 1 saturated carbocycles. The summed E-state index contributed by atoms with van der Waals surface area (Å²) >= 11 is 0. The average molecular weight is 145 g/mol. The second kappa shape index (κ2) is 3.91. The number of hydrogen-bond acceptors (Lipinski definition) is 2. The first-order chi connectivity index (χ1) is 4.88. The lowest BCUT2D eigenvalue weighted by atomic mass is 10.2. The highest BCUT2D eigenvalue weighted by Crippen LogP contribution is 2.33. The van der Waals surface area contributed by atoms with Crippen LogP contribution < -0.4 is 0 Å². The van der Waals surface area contributed by atoms with Gasteiger partial charge >= 0.3 is 0 Å². The summed E-state index contributed by atoms with van der Waals surface area (Å²) in [4.78, 5) is 0. The van der Waals surface area contributed by atoms with Crippen molar-refractivity contribution >= 4 is 0 Å². The van der Waals surface area contributed by atoms with Gasteiger partial charge < -0.3 is 9.47 Å². The van der Waals surface area contributed by atoms with Crippen LogP contribution in [0, 0.1) is 5.92 Å². The zero-order valence-electron chi connectivity index (χ0n) is 6.21. The summed E-state index contributed by atoms with van der Waals surface area (Å²) in [6.45, 7) is 0.0112. The molecule has 0 heterocycles. The monoisotopic (exact) mass is 145 g/mol. The van der Waals surface area contributed by atoms with Gasteiger partial charge in [-0.05, 0) is 18.8 Å². The standard InChI is InChI=1S/C7H13O3/c1-9-7(4-10-5-8)6-2-3-6/h6-7H,2-5H2,1H3. The summed E-state index contributed by atoms with van der Waals surface area (Å²) in [5, 5.41) is 9.92. The van der Waals surface area contributed by atoms with E-state index in [1.54, 1.807) is 7.11 Å². The Morgan fingerprint density at radius 2 is 2.30 bits per heavy atom. The van der Waals surface area contributed by atoms with E-state index in [9.17, 15) is 5.11 Å². The third kappa shape index (κ3) is 2.25. The first-order valence-electron chi connectivity index (χ1n) is 3.57. The maximum atomic E-state index is 9.92. The molecule has 10 heavy (non-hydrogen) atoms. The Morgan fingerprint density at radius 3 is 2.70 bits per heavy atom. The van der Waals surface area contributed by atoms with Gasteiger partial charge in [0, 0.05) is 7.11 Å². The van der Waals surface area contributed by atoms with Gasteiger partial charge in [0.25, 0.3) is 0 Å². The van der Waals surface area contributed by atoms with Gasteiger partial charge in [-0.2, -0.15) is 0 Å². The summed E-state index contributed by atoms with van der Waals surface area (Å²) in [7, 11) is 1.66. The van der Waals surface area contributed by atoms with E-state index in [0.29, 0.717) is 12.5 Å². The highest BCUT2D eigenvalue weighted by molar-refractivity contribution is 4.81. The van der Waals surface area contributed by atoms with E-state index in [0.717, 1.165) is 0 Å². The SMILES string of the molecule is COC(COC[O])C1CC1. The Morgan fingerprint density at radius 1 is 1.60 bits per heavy atom. The summed E-state index contributed by atoms with van der Waals surface area (Å²) in [5.41, 5.74) is 0. The highest BCUT2D eigenvalue weighted by Gasteiger charge is 2.31. The van der Waals surface area contributed by atoms with Crippen LogP contribution >= 0.6 is 0 Å². The quantitative estimate of drug-likeness (QED) is 0.537. The average Bonchev–Trinajstić information content (AvgIpc) is 2.73. The predicted octanol–water partition coefficient (Wildman–Crippen LogP) is 0.816. The first kappa shape index (κ1) is 7.98. The van der Waals surface area contributed by atoms with E-state index in [4.69, 9.17) is 9.47 Å². The molecule has 0 aliphatic heterocycles. The van der Waals surface area contributed by atoms with Gasteiger partial charge in [0.1, 0.15) is 0 Å². The van der Waals surface area contributed by atoms with E-state index in [1.807, 2.05) is 0 Å². The zero-order valence-corrected chi connectivity index (χ0v) is 6.21. The van der Waals surface area contributed by atoms with Gasteiger partial charge in [0.05, 0.1) is 12.7 Å². The summed E-state index contributed by atoms with van der Waals surface area (Å²) in [5.74, 6) is 0.650. The molecule has 1 atom stereocenters. The summed E-state index contributed by atoms with van der Waals surface area (Å²) in [6, 6.07) is 0. The molecule has 3 heteroatoms. The highest BCUT2D eigenvalue weighted by atomic mass is 16.6. The molecule has 59 valence electrons. The Labute approximate surface area is 60.9 Å². The lowest BCUT2D eigenvalue weighted by Gasteiger charge is -2.12.